The van der Waals surface area contributed by atoms with Crippen LogP contribution < -0.4 is 5.32 Å². The summed E-state index contributed by atoms with van der Waals surface area (Å²) in [5.74, 6) is 1.26. The maximum absolute atomic E-state index is 10.5. The Hall–Kier alpha value is -0.680. The molecule has 1 fully saturated rings. The summed E-state index contributed by atoms with van der Waals surface area (Å²) in [6.45, 7) is 4.41. The lowest BCUT2D eigenvalue weighted by molar-refractivity contribution is 0.139. The molecule has 162 valence electrons. The minimum atomic E-state index is -0.363. The maximum atomic E-state index is 10.5. The van der Waals surface area contributed by atoms with Gasteiger partial charge in [-0.15, -0.1) is 0 Å². The van der Waals surface area contributed by atoms with E-state index in [1.807, 2.05) is 6.08 Å². The number of rotatable bonds is 15. The molecule has 2 aliphatic rings. The van der Waals surface area contributed by atoms with Crippen molar-refractivity contribution >= 4 is 0 Å². The highest BCUT2D eigenvalue weighted by molar-refractivity contribution is 5.20. The Morgan fingerprint density at radius 1 is 1.14 bits per heavy atom. The average Bonchev–Trinajstić information content (AvgIpc) is 3.19. The number of aliphatic hydroxyl groups excluding tert-OH is 3. The van der Waals surface area contributed by atoms with Crippen LogP contribution in [-0.2, 0) is 0 Å². The van der Waals surface area contributed by atoms with Gasteiger partial charge in [-0.2, -0.15) is 0 Å². The highest BCUT2D eigenvalue weighted by Crippen LogP contribution is 2.48. The first kappa shape index (κ1) is 23.6. The number of hydrogen-bond acceptors (Lipinski definition) is 4. The third kappa shape index (κ3) is 7.98. The molecule has 2 rings (SSSR count). The molecular formula is C24H43NO3. The van der Waals surface area contributed by atoms with E-state index in [1.54, 1.807) is 5.57 Å². The fraction of sp³-hybridized carbons (Fsp3) is 0.833. The standard InChI is InChI=1S/C24H43NO3/c1-2-3-5-10-21(27)11-12-22-23-17-19(16-20(23)18-24(22)28)9-6-4-7-13-25-14-8-15-26/h11-12,16,20-28H,2-10,13-15,17-18H2,1H3/b12-11+/t20-,21-,22+,23-,24+/m0/s1. The predicted molar refractivity (Wildman–Crippen MR) is 116 cm³/mol. The van der Waals surface area contributed by atoms with Gasteiger partial charge in [0, 0.05) is 12.5 Å². The third-order valence-corrected chi connectivity index (χ3v) is 6.47. The van der Waals surface area contributed by atoms with Crippen molar-refractivity contribution in [2.75, 3.05) is 19.7 Å². The molecule has 0 radical (unpaired) electrons. The van der Waals surface area contributed by atoms with E-state index in [4.69, 9.17) is 5.11 Å². The summed E-state index contributed by atoms with van der Waals surface area (Å²) < 4.78 is 0. The Labute approximate surface area is 172 Å². The van der Waals surface area contributed by atoms with E-state index in [0.717, 1.165) is 45.2 Å². The molecule has 28 heavy (non-hydrogen) atoms. The summed E-state index contributed by atoms with van der Waals surface area (Å²) in [5, 5.41) is 32.7. The van der Waals surface area contributed by atoms with Crippen molar-refractivity contribution in [2.45, 2.75) is 89.8 Å². The molecule has 0 heterocycles. The van der Waals surface area contributed by atoms with Crippen LogP contribution in [0, 0.1) is 17.8 Å². The number of allylic oxidation sites excluding steroid dienone is 2. The summed E-state index contributed by atoms with van der Waals surface area (Å²) in [6, 6.07) is 0. The van der Waals surface area contributed by atoms with Crippen LogP contribution in [0.25, 0.3) is 0 Å². The molecule has 2 aliphatic carbocycles. The molecule has 0 aliphatic heterocycles. The van der Waals surface area contributed by atoms with E-state index in [0.29, 0.717) is 11.8 Å². The zero-order chi connectivity index (χ0) is 20.2. The third-order valence-electron chi connectivity index (χ3n) is 6.47. The van der Waals surface area contributed by atoms with E-state index >= 15 is 0 Å². The Bertz CT molecular complexity index is 476. The van der Waals surface area contributed by atoms with Gasteiger partial charge in [-0.25, -0.2) is 0 Å². The van der Waals surface area contributed by atoms with Crippen molar-refractivity contribution < 1.29 is 15.3 Å². The topological polar surface area (TPSA) is 72.7 Å². The first-order valence-corrected chi connectivity index (χ1v) is 11.7. The fourth-order valence-electron chi connectivity index (χ4n) is 4.85. The van der Waals surface area contributed by atoms with E-state index in [2.05, 4.69) is 24.4 Å². The summed E-state index contributed by atoms with van der Waals surface area (Å²) in [5.41, 5.74) is 1.58. The summed E-state index contributed by atoms with van der Waals surface area (Å²) in [4.78, 5) is 0. The quantitative estimate of drug-likeness (QED) is 0.251. The maximum Gasteiger partial charge on any atom is 0.0721 e. The first-order chi connectivity index (χ1) is 13.7. The predicted octanol–water partition coefficient (Wildman–Crippen LogP) is 3.96. The molecule has 4 nitrogen and oxygen atoms in total. The normalized spacial score (nSPS) is 28.1. The van der Waals surface area contributed by atoms with Crippen LogP contribution in [0.3, 0.4) is 0 Å². The lowest BCUT2D eigenvalue weighted by Gasteiger charge is -2.19. The SMILES string of the molecule is CCCCC[C@H](O)/C=C/[C@@H]1[C@H]2CC(CCCCCNCCCO)=C[C@H]2C[C@H]1O. The molecule has 1 saturated carbocycles. The van der Waals surface area contributed by atoms with Crippen molar-refractivity contribution in [3.8, 4) is 0 Å². The van der Waals surface area contributed by atoms with Crippen molar-refractivity contribution in [3.63, 3.8) is 0 Å². The number of unbranched alkanes of at least 4 members (excludes halogenated alkanes) is 4. The summed E-state index contributed by atoms with van der Waals surface area (Å²) in [6.07, 6.45) is 17.9. The molecule has 0 aromatic rings. The van der Waals surface area contributed by atoms with Gasteiger partial charge < -0.3 is 20.6 Å². The van der Waals surface area contributed by atoms with E-state index in [9.17, 15) is 10.2 Å². The largest absolute Gasteiger partial charge is 0.396 e. The number of nitrogens with one attached hydrogen (secondary N) is 1. The van der Waals surface area contributed by atoms with E-state index < -0.39 is 0 Å². The smallest absolute Gasteiger partial charge is 0.0721 e. The number of hydrogen-bond donors (Lipinski definition) is 4. The highest BCUT2D eigenvalue weighted by atomic mass is 16.3. The van der Waals surface area contributed by atoms with Crippen LogP contribution >= 0.6 is 0 Å². The fourth-order valence-corrected chi connectivity index (χ4v) is 4.85. The molecule has 0 amide bonds. The van der Waals surface area contributed by atoms with Crippen LogP contribution in [0.1, 0.15) is 77.6 Å². The Balaban J connectivity index is 1.66. The van der Waals surface area contributed by atoms with Gasteiger partial charge in [-0.05, 0) is 69.9 Å². The van der Waals surface area contributed by atoms with Gasteiger partial charge in [-0.3, -0.25) is 0 Å². The van der Waals surface area contributed by atoms with Crippen LogP contribution in [0.5, 0.6) is 0 Å². The van der Waals surface area contributed by atoms with E-state index in [-0.39, 0.29) is 24.7 Å². The molecular weight excluding hydrogens is 350 g/mol. The van der Waals surface area contributed by atoms with Gasteiger partial charge in [0.2, 0.25) is 0 Å². The molecule has 0 unspecified atom stereocenters. The Kier molecular flexibility index (Phi) is 11.4. The lowest BCUT2D eigenvalue weighted by atomic mass is 9.88. The van der Waals surface area contributed by atoms with Crippen LogP contribution in [0.2, 0.25) is 0 Å². The van der Waals surface area contributed by atoms with Crippen molar-refractivity contribution in [3.05, 3.63) is 23.8 Å². The summed E-state index contributed by atoms with van der Waals surface area (Å²) >= 11 is 0. The van der Waals surface area contributed by atoms with Crippen molar-refractivity contribution in [2.24, 2.45) is 17.8 Å². The van der Waals surface area contributed by atoms with Crippen LogP contribution in [0.15, 0.2) is 23.8 Å². The van der Waals surface area contributed by atoms with Gasteiger partial charge in [0.25, 0.3) is 0 Å². The average molecular weight is 394 g/mol. The number of fused-ring (bicyclic) bond motifs is 1. The van der Waals surface area contributed by atoms with E-state index in [1.165, 1.54) is 38.5 Å². The minimum Gasteiger partial charge on any atom is -0.396 e. The van der Waals surface area contributed by atoms with Crippen LogP contribution in [0.4, 0.5) is 0 Å². The highest BCUT2D eigenvalue weighted by Gasteiger charge is 2.43. The molecule has 0 saturated heterocycles. The molecule has 0 spiro atoms. The Morgan fingerprint density at radius 3 is 2.75 bits per heavy atom. The van der Waals surface area contributed by atoms with Crippen molar-refractivity contribution in [1.82, 2.24) is 5.32 Å². The molecule has 0 bridgehead atoms. The second-order valence-electron chi connectivity index (χ2n) is 8.82. The van der Waals surface area contributed by atoms with Crippen LogP contribution in [-0.4, -0.2) is 47.2 Å². The molecule has 0 aromatic heterocycles. The number of aliphatic hydroxyl groups is 3. The van der Waals surface area contributed by atoms with Crippen molar-refractivity contribution in [1.29, 1.82) is 0 Å². The van der Waals surface area contributed by atoms with Gasteiger partial charge >= 0.3 is 0 Å². The monoisotopic (exact) mass is 393 g/mol. The van der Waals surface area contributed by atoms with Gasteiger partial charge in [0.05, 0.1) is 12.2 Å². The minimum absolute atomic E-state index is 0.204. The van der Waals surface area contributed by atoms with Gasteiger partial charge in [0.15, 0.2) is 0 Å². The lowest BCUT2D eigenvalue weighted by Crippen LogP contribution is -2.18. The van der Waals surface area contributed by atoms with Gasteiger partial charge in [0.1, 0.15) is 0 Å². The summed E-state index contributed by atoms with van der Waals surface area (Å²) in [7, 11) is 0. The molecule has 4 N–H and O–H groups in total. The zero-order valence-electron chi connectivity index (χ0n) is 17.9. The zero-order valence-corrected chi connectivity index (χ0v) is 17.9. The van der Waals surface area contributed by atoms with Gasteiger partial charge in [-0.1, -0.05) is 56.4 Å². The molecule has 0 aromatic carbocycles. The molecule has 5 atom stereocenters. The second-order valence-corrected chi connectivity index (χ2v) is 8.82. The second kappa shape index (κ2) is 13.5. The Morgan fingerprint density at radius 2 is 1.96 bits per heavy atom. The molecule has 4 heteroatoms. The first-order valence-electron chi connectivity index (χ1n) is 11.7.